The lowest BCUT2D eigenvalue weighted by atomic mass is 10.1. The standard InChI is InChI=1S/C23H19ClF3N5O4/c24-13-4-7-17(16(10-13)23(25,26)27)30-15-6-5-14(28-12-15)11-29-20(34)22(8-9-22)32-21(35)36-19-3-1-2-18(33)31-19/h1-7,10,12,30H,8-9,11H2,(H,29,34)(H,31,33)(H,32,35). The first-order valence-corrected chi connectivity index (χ1v) is 10.9. The molecule has 9 nitrogen and oxygen atoms in total. The van der Waals surface area contributed by atoms with Gasteiger partial charge in [0, 0.05) is 17.2 Å². The number of carbonyl (C=O) groups excluding carboxylic acids is 2. The number of benzene rings is 1. The van der Waals surface area contributed by atoms with Crippen molar-refractivity contribution in [2.45, 2.75) is 31.1 Å². The molecule has 2 heterocycles. The molecular weight excluding hydrogens is 503 g/mol. The molecule has 3 aromatic rings. The van der Waals surface area contributed by atoms with Crippen molar-refractivity contribution in [2.24, 2.45) is 0 Å². The van der Waals surface area contributed by atoms with E-state index in [-0.39, 0.29) is 29.0 Å². The van der Waals surface area contributed by atoms with Crippen LogP contribution in [0.15, 0.2) is 54.7 Å². The number of nitrogens with zero attached hydrogens (tertiary/aromatic N) is 2. The summed E-state index contributed by atoms with van der Waals surface area (Å²) < 4.78 is 44.8. The van der Waals surface area contributed by atoms with E-state index in [1.165, 1.54) is 42.6 Å². The van der Waals surface area contributed by atoms with Crippen LogP contribution in [0.2, 0.25) is 5.02 Å². The van der Waals surface area contributed by atoms with Gasteiger partial charge in [-0.15, -0.1) is 0 Å². The molecule has 0 aliphatic heterocycles. The Morgan fingerprint density at radius 2 is 1.92 bits per heavy atom. The first-order chi connectivity index (χ1) is 17.0. The summed E-state index contributed by atoms with van der Waals surface area (Å²) in [5.41, 5.74) is -1.46. The van der Waals surface area contributed by atoms with Crippen LogP contribution >= 0.6 is 11.6 Å². The van der Waals surface area contributed by atoms with Crippen LogP contribution in [-0.4, -0.2) is 32.6 Å². The lowest BCUT2D eigenvalue weighted by Gasteiger charge is -2.17. The van der Waals surface area contributed by atoms with Crippen LogP contribution in [0.4, 0.5) is 29.3 Å². The van der Waals surface area contributed by atoms with Crippen LogP contribution < -0.4 is 20.7 Å². The molecule has 4 N–H and O–H groups in total. The molecule has 36 heavy (non-hydrogen) atoms. The minimum atomic E-state index is -4.59. The molecule has 1 fully saturated rings. The zero-order chi connectivity index (χ0) is 25.9. The first-order valence-electron chi connectivity index (χ1n) is 10.6. The number of pyridine rings is 2. The van der Waals surface area contributed by atoms with Gasteiger partial charge in [-0.1, -0.05) is 17.7 Å². The Kier molecular flexibility index (Phi) is 6.88. The number of ether oxygens (including phenoxy) is 1. The van der Waals surface area contributed by atoms with Crippen molar-refractivity contribution in [3.05, 3.63) is 71.0 Å². The molecule has 13 heteroatoms. The van der Waals surface area contributed by atoms with Crippen molar-refractivity contribution in [1.29, 1.82) is 0 Å². The minimum absolute atomic E-state index is 0.0282. The van der Waals surface area contributed by atoms with Crippen LogP contribution in [0.5, 0.6) is 11.8 Å². The van der Waals surface area contributed by atoms with Gasteiger partial charge in [0.1, 0.15) is 5.54 Å². The van der Waals surface area contributed by atoms with Crippen LogP contribution in [0.1, 0.15) is 24.1 Å². The zero-order valence-electron chi connectivity index (χ0n) is 18.4. The number of halogens is 4. The summed E-state index contributed by atoms with van der Waals surface area (Å²) in [6, 6.07) is 10.6. The third-order valence-corrected chi connectivity index (χ3v) is 5.49. The molecule has 2 aromatic heterocycles. The molecule has 1 aromatic carbocycles. The Labute approximate surface area is 207 Å². The number of alkyl halides is 3. The molecular formula is C23H19ClF3N5O4. The van der Waals surface area contributed by atoms with Crippen molar-refractivity contribution in [3.63, 3.8) is 0 Å². The SMILES string of the molecule is O=C(NC1(C(=O)NCc2ccc(Nc3ccc(Cl)cc3C(F)(F)F)cn2)CC1)Oc1cccc(O)n1. The van der Waals surface area contributed by atoms with Crippen LogP contribution in [0.25, 0.3) is 0 Å². The van der Waals surface area contributed by atoms with E-state index < -0.39 is 29.3 Å². The first kappa shape index (κ1) is 25.0. The summed E-state index contributed by atoms with van der Waals surface area (Å²) in [7, 11) is 0. The molecule has 0 unspecified atom stereocenters. The average Bonchev–Trinajstić information content (AvgIpc) is 3.59. The highest BCUT2D eigenvalue weighted by Crippen LogP contribution is 2.38. The maximum Gasteiger partial charge on any atom is 0.418 e. The van der Waals surface area contributed by atoms with E-state index in [9.17, 15) is 27.9 Å². The van der Waals surface area contributed by atoms with Crippen molar-refractivity contribution < 1.29 is 32.6 Å². The van der Waals surface area contributed by atoms with Gasteiger partial charge in [-0.2, -0.15) is 18.2 Å². The van der Waals surface area contributed by atoms with Gasteiger partial charge < -0.3 is 25.8 Å². The fourth-order valence-corrected chi connectivity index (χ4v) is 3.44. The maximum atomic E-state index is 13.3. The fraction of sp³-hybridized carbons (Fsp3) is 0.217. The molecule has 2 amide bonds. The number of aromatic hydroxyl groups is 1. The highest BCUT2D eigenvalue weighted by Gasteiger charge is 2.51. The number of amides is 2. The third-order valence-electron chi connectivity index (χ3n) is 5.25. The Bertz CT molecular complexity index is 1280. The van der Waals surface area contributed by atoms with Gasteiger partial charge in [0.25, 0.3) is 0 Å². The van der Waals surface area contributed by atoms with Gasteiger partial charge in [-0.25, -0.2) is 4.79 Å². The van der Waals surface area contributed by atoms with Gasteiger partial charge in [0.2, 0.25) is 17.7 Å². The Morgan fingerprint density at radius 1 is 1.14 bits per heavy atom. The average molecular weight is 522 g/mol. The number of nitrogens with one attached hydrogen (secondary N) is 3. The molecule has 1 aliphatic rings. The monoisotopic (exact) mass is 521 g/mol. The van der Waals surface area contributed by atoms with E-state index in [1.54, 1.807) is 6.07 Å². The molecule has 188 valence electrons. The normalized spacial score (nSPS) is 14.0. The van der Waals surface area contributed by atoms with Gasteiger partial charge in [0.05, 0.1) is 35.4 Å². The summed E-state index contributed by atoms with van der Waals surface area (Å²) >= 11 is 5.70. The quantitative estimate of drug-likeness (QED) is 0.360. The van der Waals surface area contributed by atoms with E-state index in [0.717, 1.165) is 6.07 Å². The zero-order valence-corrected chi connectivity index (χ0v) is 19.2. The fourth-order valence-electron chi connectivity index (χ4n) is 3.27. The Morgan fingerprint density at radius 3 is 2.56 bits per heavy atom. The topological polar surface area (TPSA) is 125 Å². The van der Waals surface area contributed by atoms with Crippen LogP contribution in [-0.2, 0) is 17.5 Å². The van der Waals surface area contributed by atoms with E-state index in [1.807, 2.05) is 0 Å². The lowest BCUT2D eigenvalue weighted by Crippen LogP contribution is -2.49. The van der Waals surface area contributed by atoms with Crippen molar-refractivity contribution in [1.82, 2.24) is 20.6 Å². The highest BCUT2D eigenvalue weighted by molar-refractivity contribution is 6.30. The molecule has 1 saturated carbocycles. The highest BCUT2D eigenvalue weighted by atomic mass is 35.5. The van der Waals surface area contributed by atoms with Gasteiger partial charge in [0.15, 0.2) is 0 Å². The van der Waals surface area contributed by atoms with Crippen LogP contribution in [0.3, 0.4) is 0 Å². The van der Waals surface area contributed by atoms with Crippen molar-refractivity contribution in [2.75, 3.05) is 5.32 Å². The molecule has 0 spiro atoms. The van der Waals surface area contributed by atoms with E-state index in [4.69, 9.17) is 16.3 Å². The number of hydrogen-bond acceptors (Lipinski definition) is 7. The second kappa shape index (κ2) is 9.90. The summed E-state index contributed by atoms with van der Waals surface area (Å²) in [6.45, 7) is 0.0282. The second-order valence-corrected chi connectivity index (χ2v) is 8.40. The summed E-state index contributed by atoms with van der Waals surface area (Å²) in [5.74, 6) is -0.882. The second-order valence-electron chi connectivity index (χ2n) is 7.96. The predicted molar refractivity (Wildman–Crippen MR) is 123 cm³/mol. The maximum absolute atomic E-state index is 13.3. The smallest absolute Gasteiger partial charge is 0.418 e. The van der Waals surface area contributed by atoms with Gasteiger partial charge in [-0.05, 0) is 43.2 Å². The molecule has 4 rings (SSSR count). The molecule has 0 bridgehead atoms. The molecule has 0 saturated heterocycles. The third kappa shape index (κ3) is 6.13. The van der Waals surface area contributed by atoms with Gasteiger partial charge in [-0.3, -0.25) is 9.78 Å². The summed E-state index contributed by atoms with van der Waals surface area (Å²) in [5, 5.41) is 17.1. The lowest BCUT2D eigenvalue weighted by molar-refractivity contribution is -0.137. The van der Waals surface area contributed by atoms with Crippen LogP contribution in [0, 0.1) is 0 Å². The molecule has 1 aliphatic carbocycles. The minimum Gasteiger partial charge on any atom is -0.493 e. The number of aromatic nitrogens is 2. The number of anilines is 2. The summed E-state index contributed by atoms with van der Waals surface area (Å²) in [4.78, 5) is 32.5. The Balaban J connectivity index is 1.32. The van der Waals surface area contributed by atoms with Crippen molar-refractivity contribution >= 4 is 35.0 Å². The van der Waals surface area contributed by atoms with E-state index >= 15 is 0 Å². The number of hydrogen-bond donors (Lipinski definition) is 4. The van der Waals surface area contributed by atoms with E-state index in [2.05, 4.69) is 25.9 Å². The Hall–Kier alpha value is -4.06. The van der Waals surface area contributed by atoms with E-state index in [0.29, 0.717) is 24.2 Å². The van der Waals surface area contributed by atoms with Gasteiger partial charge >= 0.3 is 12.3 Å². The number of rotatable bonds is 7. The number of carbonyl (C=O) groups is 2. The largest absolute Gasteiger partial charge is 0.493 e. The molecule has 0 atom stereocenters. The van der Waals surface area contributed by atoms with Crippen molar-refractivity contribution in [3.8, 4) is 11.8 Å². The molecule has 0 radical (unpaired) electrons. The predicted octanol–water partition coefficient (Wildman–Crippen LogP) is 4.54. The summed E-state index contributed by atoms with van der Waals surface area (Å²) in [6.07, 6.45) is -3.35.